The maximum atomic E-state index is 11.1. The van der Waals surface area contributed by atoms with E-state index in [1.54, 1.807) is 4.90 Å². The maximum absolute atomic E-state index is 11.1. The highest BCUT2D eigenvalue weighted by atomic mass is 16.2. The monoisotopic (exact) mass is 155 g/mol. The number of amides is 1. The number of carbonyl (C=O) groups is 2. The summed E-state index contributed by atoms with van der Waals surface area (Å²) in [6.07, 6.45) is 4.12. The molecular formula is C8H13NO2. The first kappa shape index (κ1) is 8.24. The lowest BCUT2D eigenvalue weighted by molar-refractivity contribution is -0.133. The molecule has 0 aromatic heterocycles. The lowest BCUT2D eigenvalue weighted by Gasteiger charge is -2.25. The third kappa shape index (κ3) is 2.33. The topological polar surface area (TPSA) is 37.4 Å². The van der Waals surface area contributed by atoms with E-state index < -0.39 is 0 Å². The first-order valence-electron chi connectivity index (χ1n) is 4.06. The van der Waals surface area contributed by atoms with E-state index in [1.165, 1.54) is 6.42 Å². The summed E-state index contributed by atoms with van der Waals surface area (Å²) in [5.41, 5.74) is 0. The molecule has 0 aromatic rings. The van der Waals surface area contributed by atoms with Crippen LogP contribution in [-0.2, 0) is 9.59 Å². The largest absolute Gasteiger partial charge is 0.342 e. The Morgan fingerprint density at radius 2 is 1.91 bits per heavy atom. The molecule has 1 heterocycles. The zero-order valence-corrected chi connectivity index (χ0v) is 6.58. The second-order valence-corrected chi connectivity index (χ2v) is 2.81. The number of likely N-dealkylation sites (tertiary alicyclic amines) is 1. The molecule has 1 rings (SSSR count). The zero-order valence-electron chi connectivity index (χ0n) is 6.58. The average Bonchev–Trinajstić information content (AvgIpc) is 2.07. The Labute approximate surface area is 66.4 Å². The van der Waals surface area contributed by atoms with Gasteiger partial charge in [-0.05, 0) is 19.3 Å². The normalized spacial score (nSPS) is 18.0. The first-order chi connectivity index (χ1) is 5.34. The third-order valence-electron chi connectivity index (χ3n) is 1.97. The Morgan fingerprint density at radius 3 is 2.45 bits per heavy atom. The van der Waals surface area contributed by atoms with Gasteiger partial charge in [-0.1, -0.05) is 0 Å². The van der Waals surface area contributed by atoms with Gasteiger partial charge < -0.3 is 9.69 Å². The highest BCUT2D eigenvalue weighted by Gasteiger charge is 2.14. The van der Waals surface area contributed by atoms with Gasteiger partial charge in [-0.15, -0.1) is 0 Å². The molecule has 0 atom stereocenters. The summed E-state index contributed by atoms with van der Waals surface area (Å²) in [7, 11) is 0. The van der Waals surface area contributed by atoms with Crippen LogP contribution in [0.4, 0.5) is 0 Å². The van der Waals surface area contributed by atoms with Crippen molar-refractivity contribution in [2.45, 2.75) is 25.7 Å². The van der Waals surface area contributed by atoms with Gasteiger partial charge in [0, 0.05) is 13.1 Å². The minimum absolute atomic E-state index is 0.0142. The molecule has 0 aliphatic carbocycles. The van der Waals surface area contributed by atoms with Crippen molar-refractivity contribution in [3.63, 3.8) is 0 Å². The highest BCUT2D eigenvalue weighted by Crippen LogP contribution is 2.08. The number of nitrogens with zero attached hydrogens (tertiary/aromatic N) is 1. The fourth-order valence-electron chi connectivity index (χ4n) is 1.34. The zero-order chi connectivity index (χ0) is 8.10. The van der Waals surface area contributed by atoms with Crippen LogP contribution in [0.3, 0.4) is 0 Å². The lowest BCUT2D eigenvalue weighted by atomic mass is 10.1. The fraction of sp³-hybridized carbons (Fsp3) is 0.750. The van der Waals surface area contributed by atoms with Crippen LogP contribution in [0.25, 0.3) is 0 Å². The molecule has 1 aliphatic rings. The second-order valence-electron chi connectivity index (χ2n) is 2.81. The van der Waals surface area contributed by atoms with Crippen molar-refractivity contribution in [1.82, 2.24) is 4.90 Å². The Bertz CT molecular complexity index is 150. The van der Waals surface area contributed by atoms with E-state index in [9.17, 15) is 9.59 Å². The summed E-state index contributed by atoms with van der Waals surface area (Å²) in [5.74, 6) is -0.0142. The van der Waals surface area contributed by atoms with Crippen molar-refractivity contribution in [1.29, 1.82) is 0 Å². The number of hydrogen-bond donors (Lipinski definition) is 0. The Hall–Kier alpha value is -0.860. The molecule has 0 N–H and O–H groups in total. The van der Waals surface area contributed by atoms with Gasteiger partial charge in [-0.25, -0.2) is 0 Å². The number of piperidine rings is 1. The summed E-state index contributed by atoms with van der Waals surface area (Å²) < 4.78 is 0. The minimum Gasteiger partial charge on any atom is -0.342 e. The first-order valence-corrected chi connectivity index (χ1v) is 4.06. The van der Waals surface area contributed by atoms with Crippen LogP contribution in [-0.4, -0.2) is 30.2 Å². The molecule has 1 aliphatic heterocycles. The van der Waals surface area contributed by atoms with Gasteiger partial charge in [0.15, 0.2) is 0 Å². The minimum atomic E-state index is -0.0142. The predicted molar refractivity (Wildman–Crippen MR) is 41.1 cm³/mol. The van der Waals surface area contributed by atoms with E-state index in [0.717, 1.165) is 25.9 Å². The fourth-order valence-corrected chi connectivity index (χ4v) is 1.34. The highest BCUT2D eigenvalue weighted by molar-refractivity contribution is 5.88. The molecule has 62 valence electrons. The molecular weight excluding hydrogens is 142 g/mol. The smallest absolute Gasteiger partial charge is 0.229 e. The van der Waals surface area contributed by atoms with Crippen LogP contribution in [0.5, 0.6) is 0 Å². The summed E-state index contributed by atoms with van der Waals surface area (Å²) in [6, 6.07) is 0. The van der Waals surface area contributed by atoms with Crippen LogP contribution in [0.15, 0.2) is 0 Å². The molecule has 0 spiro atoms. The lowest BCUT2D eigenvalue weighted by Crippen LogP contribution is -2.35. The number of rotatable bonds is 2. The molecule has 3 heteroatoms. The Morgan fingerprint density at radius 1 is 1.27 bits per heavy atom. The van der Waals surface area contributed by atoms with Gasteiger partial charge in [0.25, 0.3) is 0 Å². The molecule has 0 saturated carbocycles. The molecule has 0 radical (unpaired) electrons. The van der Waals surface area contributed by atoms with Gasteiger partial charge in [-0.2, -0.15) is 0 Å². The Balaban J connectivity index is 2.32. The van der Waals surface area contributed by atoms with Gasteiger partial charge in [0.1, 0.15) is 6.29 Å². The van der Waals surface area contributed by atoms with Crippen LogP contribution in [0.1, 0.15) is 25.7 Å². The summed E-state index contributed by atoms with van der Waals surface area (Å²) >= 11 is 0. The third-order valence-corrected chi connectivity index (χ3v) is 1.97. The van der Waals surface area contributed by atoms with Gasteiger partial charge in [0.05, 0.1) is 6.42 Å². The van der Waals surface area contributed by atoms with E-state index in [1.807, 2.05) is 0 Å². The van der Waals surface area contributed by atoms with Gasteiger partial charge in [0.2, 0.25) is 5.91 Å². The molecule has 0 aromatic carbocycles. The van der Waals surface area contributed by atoms with E-state index in [4.69, 9.17) is 0 Å². The average molecular weight is 155 g/mol. The van der Waals surface area contributed by atoms with Gasteiger partial charge in [-0.3, -0.25) is 4.79 Å². The van der Waals surface area contributed by atoms with Crippen LogP contribution >= 0.6 is 0 Å². The molecule has 1 fully saturated rings. The molecule has 0 bridgehead atoms. The van der Waals surface area contributed by atoms with Crippen LogP contribution in [0.2, 0.25) is 0 Å². The molecule has 3 nitrogen and oxygen atoms in total. The van der Waals surface area contributed by atoms with Crippen molar-refractivity contribution in [3.8, 4) is 0 Å². The van der Waals surface area contributed by atoms with E-state index in [-0.39, 0.29) is 12.3 Å². The number of carbonyl (C=O) groups excluding carboxylic acids is 2. The number of aldehydes is 1. The van der Waals surface area contributed by atoms with Gasteiger partial charge >= 0.3 is 0 Å². The van der Waals surface area contributed by atoms with Crippen molar-refractivity contribution < 1.29 is 9.59 Å². The van der Waals surface area contributed by atoms with Crippen molar-refractivity contribution in [2.75, 3.05) is 13.1 Å². The molecule has 1 saturated heterocycles. The summed E-state index contributed by atoms with van der Waals surface area (Å²) in [4.78, 5) is 22.9. The number of hydrogen-bond acceptors (Lipinski definition) is 2. The quantitative estimate of drug-likeness (QED) is 0.432. The Kier molecular flexibility index (Phi) is 3.08. The summed E-state index contributed by atoms with van der Waals surface area (Å²) in [5, 5.41) is 0. The molecule has 0 unspecified atom stereocenters. The van der Waals surface area contributed by atoms with E-state index in [0.29, 0.717) is 6.29 Å². The standard InChI is InChI=1S/C8H13NO2/c10-7-4-8(11)9-5-2-1-3-6-9/h7H,1-6H2. The van der Waals surface area contributed by atoms with E-state index in [2.05, 4.69) is 0 Å². The van der Waals surface area contributed by atoms with Crippen molar-refractivity contribution >= 4 is 12.2 Å². The SMILES string of the molecule is O=CCC(=O)N1CCCCC1. The van der Waals surface area contributed by atoms with Crippen LogP contribution < -0.4 is 0 Å². The maximum Gasteiger partial charge on any atom is 0.229 e. The van der Waals surface area contributed by atoms with E-state index >= 15 is 0 Å². The second kappa shape index (κ2) is 4.11. The predicted octanol–water partition coefficient (Wildman–Crippen LogP) is 0.588. The molecule has 1 amide bonds. The van der Waals surface area contributed by atoms with Crippen LogP contribution in [0, 0.1) is 0 Å². The summed E-state index contributed by atoms with van der Waals surface area (Å²) in [6.45, 7) is 1.68. The van der Waals surface area contributed by atoms with Crippen molar-refractivity contribution in [2.24, 2.45) is 0 Å². The van der Waals surface area contributed by atoms with Crippen molar-refractivity contribution in [3.05, 3.63) is 0 Å². The molecule has 11 heavy (non-hydrogen) atoms.